The second-order valence-electron chi connectivity index (χ2n) is 6.07. The van der Waals surface area contributed by atoms with Crippen molar-refractivity contribution in [2.24, 2.45) is 0 Å². The smallest absolute Gasteiger partial charge is 0.338 e. The first-order valence-electron chi connectivity index (χ1n) is 8.19. The van der Waals surface area contributed by atoms with Gasteiger partial charge in [0, 0.05) is 24.6 Å². The normalized spacial score (nSPS) is 21.4. The molecule has 3 N–H and O–H groups in total. The second kappa shape index (κ2) is 7.49. The molecule has 0 aromatic carbocycles. The zero-order chi connectivity index (χ0) is 17.2. The number of sulfonamides is 1. The van der Waals surface area contributed by atoms with Crippen molar-refractivity contribution in [3.63, 3.8) is 0 Å². The van der Waals surface area contributed by atoms with E-state index in [1.165, 1.54) is 0 Å². The molecule has 24 heavy (non-hydrogen) atoms. The lowest BCUT2D eigenvalue weighted by molar-refractivity contribution is 0.0123. The van der Waals surface area contributed by atoms with E-state index in [2.05, 4.69) is 10.0 Å². The van der Waals surface area contributed by atoms with Gasteiger partial charge < -0.3 is 15.2 Å². The Morgan fingerprint density at radius 2 is 2.25 bits per heavy atom. The summed E-state index contributed by atoms with van der Waals surface area (Å²) in [6, 6.07) is 0. The van der Waals surface area contributed by atoms with Crippen LogP contribution in [0.3, 0.4) is 0 Å². The number of rotatable bonds is 6. The van der Waals surface area contributed by atoms with Gasteiger partial charge in [0.1, 0.15) is 4.21 Å². The number of carbonyl (C=O) groups is 1. The molecule has 134 valence electrons. The van der Waals surface area contributed by atoms with Crippen LogP contribution in [0.25, 0.3) is 0 Å². The maximum atomic E-state index is 12.6. The Hall–Kier alpha value is -1.00. The van der Waals surface area contributed by atoms with Crippen molar-refractivity contribution in [3.05, 3.63) is 16.0 Å². The minimum Gasteiger partial charge on any atom is -0.478 e. The number of thiophene rings is 1. The fourth-order valence-electron chi connectivity index (χ4n) is 3.17. The van der Waals surface area contributed by atoms with Gasteiger partial charge in [0.25, 0.3) is 10.0 Å². The van der Waals surface area contributed by atoms with Crippen LogP contribution in [0.15, 0.2) is 4.21 Å². The van der Waals surface area contributed by atoms with Crippen LogP contribution in [0, 0.1) is 0 Å². The third-order valence-electron chi connectivity index (χ3n) is 4.39. The molecule has 7 nitrogen and oxygen atoms in total. The van der Waals surface area contributed by atoms with Crippen LogP contribution in [0.2, 0.25) is 0 Å². The summed E-state index contributed by atoms with van der Waals surface area (Å²) in [7, 11) is -3.83. The van der Waals surface area contributed by atoms with E-state index in [0.29, 0.717) is 31.5 Å². The van der Waals surface area contributed by atoms with E-state index < -0.39 is 16.0 Å². The van der Waals surface area contributed by atoms with Crippen LogP contribution < -0.4 is 10.0 Å². The summed E-state index contributed by atoms with van der Waals surface area (Å²) in [5, 5.41) is 12.6. The highest BCUT2D eigenvalue weighted by Crippen LogP contribution is 2.34. The monoisotopic (exact) mass is 374 g/mol. The first-order valence-corrected chi connectivity index (χ1v) is 10.5. The van der Waals surface area contributed by atoms with Crippen molar-refractivity contribution in [1.82, 2.24) is 10.0 Å². The fourth-order valence-corrected chi connectivity index (χ4v) is 6.12. The quantitative estimate of drug-likeness (QED) is 0.694. The maximum absolute atomic E-state index is 12.6. The third kappa shape index (κ3) is 3.80. The molecule has 1 atom stereocenters. The van der Waals surface area contributed by atoms with E-state index in [1.807, 2.05) is 0 Å². The van der Waals surface area contributed by atoms with Gasteiger partial charge in [-0.1, -0.05) is 0 Å². The molecule has 2 aliphatic heterocycles. The highest BCUT2D eigenvalue weighted by Gasteiger charge is 2.31. The van der Waals surface area contributed by atoms with Crippen molar-refractivity contribution in [1.29, 1.82) is 0 Å². The molecular weight excluding hydrogens is 352 g/mol. The Morgan fingerprint density at radius 1 is 1.42 bits per heavy atom. The third-order valence-corrected chi connectivity index (χ3v) is 7.60. The summed E-state index contributed by atoms with van der Waals surface area (Å²) < 4.78 is 33.2. The van der Waals surface area contributed by atoms with E-state index in [0.717, 1.165) is 42.1 Å². The molecule has 9 heteroatoms. The van der Waals surface area contributed by atoms with Crippen LogP contribution in [-0.2, 0) is 27.7 Å². The van der Waals surface area contributed by atoms with E-state index in [9.17, 15) is 18.3 Å². The average Bonchev–Trinajstić information content (AvgIpc) is 2.96. The first-order chi connectivity index (χ1) is 11.5. The maximum Gasteiger partial charge on any atom is 0.338 e. The first kappa shape index (κ1) is 17.8. The summed E-state index contributed by atoms with van der Waals surface area (Å²) in [5.74, 6) is -1.18. The molecular formula is C15H22N2O5S2. The van der Waals surface area contributed by atoms with E-state index >= 15 is 0 Å². The minimum absolute atomic E-state index is 0.0575. The van der Waals surface area contributed by atoms with Crippen LogP contribution in [0.1, 0.15) is 46.5 Å². The van der Waals surface area contributed by atoms with Crippen molar-refractivity contribution in [3.8, 4) is 0 Å². The predicted molar refractivity (Wildman–Crippen MR) is 90.1 cm³/mol. The number of hydrogen-bond acceptors (Lipinski definition) is 6. The number of fused-ring (bicyclic) bond motifs is 1. The fraction of sp³-hybridized carbons (Fsp3) is 0.667. The molecule has 0 aliphatic carbocycles. The number of nitrogens with one attached hydrogen (secondary N) is 2. The lowest BCUT2D eigenvalue weighted by atomic mass is 10.1. The minimum atomic E-state index is -3.83. The number of hydrogen-bond donors (Lipinski definition) is 3. The summed E-state index contributed by atoms with van der Waals surface area (Å²) >= 11 is 1.06. The van der Waals surface area contributed by atoms with Gasteiger partial charge in [-0.2, -0.15) is 0 Å². The molecule has 1 unspecified atom stereocenters. The average molecular weight is 374 g/mol. The Labute approximate surface area is 145 Å². The van der Waals surface area contributed by atoms with Gasteiger partial charge in [-0.15, -0.1) is 11.3 Å². The van der Waals surface area contributed by atoms with Gasteiger partial charge in [-0.05, 0) is 44.2 Å². The van der Waals surface area contributed by atoms with Crippen LogP contribution in [0.5, 0.6) is 0 Å². The summed E-state index contributed by atoms with van der Waals surface area (Å²) in [4.78, 5) is 12.4. The molecule has 3 rings (SSSR count). The Morgan fingerprint density at radius 3 is 2.96 bits per heavy atom. The van der Waals surface area contributed by atoms with Gasteiger partial charge in [-0.3, -0.25) is 0 Å². The SMILES string of the molecule is O=C(O)c1c(S(=O)(=O)NCCC2CCCCO2)sc2c1CCNC2. The zero-order valence-electron chi connectivity index (χ0n) is 13.3. The molecule has 0 spiro atoms. The van der Waals surface area contributed by atoms with Crippen molar-refractivity contribution in [2.75, 3.05) is 19.7 Å². The topological polar surface area (TPSA) is 105 Å². The highest BCUT2D eigenvalue weighted by molar-refractivity contribution is 7.91. The highest BCUT2D eigenvalue weighted by atomic mass is 32.2. The lowest BCUT2D eigenvalue weighted by Crippen LogP contribution is -2.30. The Balaban J connectivity index is 1.74. The number of carboxylic acid groups (broad SMARTS) is 1. The van der Waals surface area contributed by atoms with Gasteiger partial charge >= 0.3 is 5.97 Å². The number of ether oxygens (including phenoxy) is 1. The van der Waals surface area contributed by atoms with Crippen molar-refractivity contribution < 1.29 is 23.1 Å². The molecule has 1 fully saturated rings. The summed E-state index contributed by atoms with van der Waals surface area (Å²) in [6.45, 7) is 2.17. The van der Waals surface area contributed by atoms with Crippen LogP contribution >= 0.6 is 11.3 Å². The van der Waals surface area contributed by atoms with Crippen molar-refractivity contribution >= 4 is 27.3 Å². The largest absolute Gasteiger partial charge is 0.478 e. The molecule has 3 heterocycles. The van der Waals surface area contributed by atoms with Crippen LogP contribution in [0.4, 0.5) is 0 Å². The Bertz CT molecular complexity index is 708. The summed E-state index contributed by atoms with van der Waals surface area (Å²) in [5.41, 5.74) is 0.597. The summed E-state index contributed by atoms with van der Waals surface area (Å²) in [6.07, 6.45) is 4.33. The predicted octanol–water partition coefficient (Wildman–Crippen LogP) is 1.33. The van der Waals surface area contributed by atoms with Crippen molar-refractivity contribution in [2.45, 2.75) is 49.0 Å². The molecule has 1 aromatic rings. The lowest BCUT2D eigenvalue weighted by Gasteiger charge is -2.22. The zero-order valence-corrected chi connectivity index (χ0v) is 15.0. The van der Waals surface area contributed by atoms with Gasteiger partial charge in [0.05, 0.1) is 11.7 Å². The molecule has 1 aromatic heterocycles. The van der Waals surface area contributed by atoms with Crippen LogP contribution in [-0.4, -0.2) is 45.3 Å². The van der Waals surface area contributed by atoms with Gasteiger partial charge in [0.15, 0.2) is 0 Å². The van der Waals surface area contributed by atoms with E-state index in [4.69, 9.17) is 4.74 Å². The van der Waals surface area contributed by atoms with E-state index in [-0.39, 0.29) is 22.4 Å². The van der Waals surface area contributed by atoms with E-state index in [1.54, 1.807) is 0 Å². The van der Waals surface area contributed by atoms with Gasteiger partial charge in [-0.25, -0.2) is 17.9 Å². The molecule has 0 amide bonds. The molecule has 1 saturated heterocycles. The molecule has 0 bridgehead atoms. The van der Waals surface area contributed by atoms with Gasteiger partial charge in [0.2, 0.25) is 0 Å². The second-order valence-corrected chi connectivity index (χ2v) is 9.14. The molecule has 0 saturated carbocycles. The molecule has 0 radical (unpaired) electrons. The standard InChI is InChI=1S/C15H22N2O5S2/c18-14(19)13-11-5-6-16-9-12(11)23-15(13)24(20,21)17-7-4-10-3-1-2-8-22-10/h10,16-17H,1-9H2,(H,18,19). The number of aromatic carboxylic acids is 1. The number of carboxylic acids is 1. The molecule has 2 aliphatic rings. The Kier molecular flexibility index (Phi) is 5.56.